The number of piperidine rings is 1. The van der Waals surface area contributed by atoms with E-state index in [1.54, 1.807) is 6.92 Å². The van der Waals surface area contributed by atoms with Crippen molar-refractivity contribution in [2.75, 3.05) is 32.8 Å². The third kappa shape index (κ3) is 9.38. The first-order chi connectivity index (χ1) is 19.2. The fourth-order valence-electron chi connectivity index (χ4n) is 4.88. The lowest BCUT2D eigenvalue weighted by atomic mass is 9.97. The van der Waals surface area contributed by atoms with Gasteiger partial charge in [0, 0.05) is 49.6 Å². The number of amides is 3. The number of carbonyl (C=O) groups excluding carboxylic acids is 4. The molecule has 2 aliphatic heterocycles. The number of hydrogen-bond acceptors (Lipinski definition) is 6. The number of ether oxygens (including phenoxy) is 1. The van der Waals surface area contributed by atoms with Crippen molar-refractivity contribution in [3.05, 3.63) is 69.8 Å². The molecule has 0 spiro atoms. The third-order valence-corrected chi connectivity index (χ3v) is 7.44. The standard InChI is InChI=1S/C26H34N2O3.C6H9NO2/c1-4-5-23-17-21(6-9-25(23)20(3)29)18-27-26(30)24-8-7-22(19(2)16-24)10-11-28-12-14-31-15-13-28;1-4-2-3-5(8)7-6(4)9/h6-9,16-17H,4-5,10-15,18H2,1-3H3,(H,27,30);4H,2-3H2,1H3,(H,7,8,9). The van der Waals surface area contributed by atoms with Crippen LogP contribution in [-0.4, -0.2) is 61.3 Å². The third-order valence-electron chi connectivity index (χ3n) is 7.44. The van der Waals surface area contributed by atoms with Gasteiger partial charge in [-0.25, -0.2) is 0 Å². The number of hydrogen-bond donors (Lipinski definition) is 2. The van der Waals surface area contributed by atoms with E-state index in [2.05, 4.69) is 35.4 Å². The Bertz CT molecular complexity index is 1200. The molecule has 2 N–H and O–H groups in total. The Morgan fingerprint density at radius 1 is 1.05 bits per heavy atom. The lowest BCUT2D eigenvalue weighted by Gasteiger charge is -2.26. The average molecular weight is 550 g/mol. The van der Waals surface area contributed by atoms with Crippen molar-refractivity contribution >= 4 is 23.5 Å². The zero-order valence-electron chi connectivity index (χ0n) is 24.3. The molecule has 3 amide bonds. The molecule has 0 radical (unpaired) electrons. The van der Waals surface area contributed by atoms with E-state index in [9.17, 15) is 19.2 Å². The fraction of sp³-hybridized carbons (Fsp3) is 0.500. The van der Waals surface area contributed by atoms with Gasteiger partial charge in [0.05, 0.1) is 13.2 Å². The largest absolute Gasteiger partial charge is 0.379 e. The minimum atomic E-state index is -0.141. The molecule has 2 aromatic carbocycles. The van der Waals surface area contributed by atoms with Crippen molar-refractivity contribution < 1.29 is 23.9 Å². The summed E-state index contributed by atoms with van der Waals surface area (Å²) in [4.78, 5) is 48.1. The van der Waals surface area contributed by atoms with Crippen LogP contribution < -0.4 is 10.6 Å². The summed E-state index contributed by atoms with van der Waals surface area (Å²) in [6.45, 7) is 12.7. The average Bonchev–Trinajstić information content (AvgIpc) is 2.94. The molecule has 0 aliphatic carbocycles. The number of benzene rings is 2. The maximum absolute atomic E-state index is 12.7. The number of carbonyl (C=O) groups is 4. The van der Waals surface area contributed by atoms with Gasteiger partial charge in [0.2, 0.25) is 11.8 Å². The van der Waals surface area contributed by atoms with Gasteiger partial charge in [-0.2, -0.15) is 0 Å². The van der Waals surface area contributed by atoms with Crippen molar-refractivity contribution in [3.8, 4) is 0 Å². The first kappa shape index (κ1) is 31.2. The molecule has 8 nitrogen and oxygen atoms in total. The van der Waals surface area contributed by atoms with Gasteiger partial charge in [-0.15, -0.1) is 0 Å². The van der Waals surface area contributed by atoms with Crippen LogP contribution in [0.15, 0.2) is 36.4 Å². The Hall–Kier alpha value is -3.36. The number of ketones is 1. The number of aryl methyl sites for hydroxylation is 2. The molecule has 1 unspecified atom stereocenters. The second-order valence-corrected chi connectivity index (χ2v) is 10.7. The number of morpholine rings is 1. The monoisotopic (exact) mass is 549 g/mol. The van der Waals surface area contributed by atoms with Gasteiger partial charge in [-0.1, -0.05) is 44.5 Å². The van der Waals surface area contributed by atoms with Gasteiger partial charge in [0.25, 0.3) is 5.91 Å². The van der Waals surface area contributed by atoms with Crippen molar-refractivity contribution in [2.24, 2.45) is 5.92 Å². The molecule has 2 aliphatic rings. The number of imide groups is 1. The molecule has 2 heterocycles. The highest BCUT2D eigenvalue weighted by atomic mass is 16.5. The van der Waals surface area contributed by atoms with Crippen LogP contribution >= 0.6 is 0 Å². The molecule has 0 aromatic heterocycles. The summed E-state index contributed by atoms with van der Waals surface area (Å²) in [5.41, 5.74) is 5.97. The predicted molar refractivity (Wildman–Crippen MR) is 155 cm³/mol. The zero-order valence-corrected chi connectivity index (χ0v) is 24.3. The fourth-order valence-corrected chi connectivity index (χ4v) is 4.88. The summed E-state index contributed by atoms with van der Waals surface area (Å²) >= 11 is 0. The quantitative estimate of drug-likeness (QED) is 0.362. The van der Waals surface area contributed by atoms with Crippen LogP contribution in [0.3, 0.4) is 0 Å². The maximum Gasteiger partial charge on any atom is 0.251 e. The smallest absolute Gasteiger partial charge is 0.251 e. The van der Waals surface area contributed by atoms with E-state index in [1.165, 1.54) is 5.56 Å². The van der Waals surface area contributed by atoms with Gasteiger partial charge >= 0.3 is 0 Å². The summed E-state index contributed by atoms with van der Waals surface area (Å²) < 4.78 is 5.41. The van der Waals surface area contributed by atoms with Crippen LogP contribution in [-0.2, 0) is 33.7 Å². The van der Waals surface area contributed by atoms with Gasteiger partial charge < -0.3 is 10.1 Å². The lowest BCUT2D eigenvalue weighted by Crippen LogP contribution is -2.39. The number of rotatable bonds is 9. The highest BCUT2D eigenvalue weighted by Gasteiger charge is 2.21. The number of Topliss-reactive ketones (excluding diaryl/α,β-unsaturated/α-hetero) is 1. The molecule has 8 heteroatoms. The highest BCUT2D eigenvalue weighted by Crippen LogP contribution is 2.17. The minimum Gasteiger partial charge on any atom is -0.379 e. The van der Waals surface area contributed by atoms with E-state index in [1.807, 2.05) is 37.3 Å². The van der Waals surface area contributed by atoms with Crippen LogP contribution in [0.5, 0.6) is 0 Å². The van der Waals surface area contributed by atoms with E-state index in [0.29, 0.717) is 24.9 Å². The first-order valence-electron chi connectivity index (χ1n) is 14.3. The molecule has 4 rings (SSSR count). The second-order valence-electron chi connectivity index (χ2n) is 10.7. The number of nitrogens with zero attached hydrogens (tertiary/aromatic N) is 1. The van der Waals surface area contributed by atoms with E-state index in [-0.39, 0.29) is 29.4 Å². The molecule has 40 heavy (non-hydrogen) atoms. The van der Waals surface area contributed by atoms with Crippen molar-refractivity contribution in [1.82, 2.24) is 15.5 Å². The van der Waals surface area contributed by atoms with E-state index in [4.69, 9.17) is 4.74 Å². The van der Waals surface area contributed by atoms with Crippen LogP contribution in [0.25, 0.3) is 0 Å². The summed E-state index contributed by atoms with van der Waals surface area (Å²) in [7, 11) is 0. The van der Waals surface area contributed by atoms with Crippen LogP contribution in [0.1, 0.15) is 83.0 Å². The molecule has 216 valence electrons. The molecule has 2 fully saturated rings. The van der Waals surface area contributed by atoms with Crippen molar-refractivity contribution in [1.29, 1.82) is 0 Å². The lowest BCUT2D eigenvalue weighted by molar-refractivity contribution is -0.135. The molecular weight excluding hydrogens is 506 g/mol. The molecular formula is C32H43N3O5. The van der Waals surface area contributed by atoms with E-state index >= 15 is 0 Å². The first-order valence-corrected chi connectivity index (χ1v) is 14.3. The van der Waals surface area contributed by atoms with Crippen molar-refractivity contribution in [3.63, 3.8) is 0 Å². The summed E-state index contributed by atoms with van der Waals surface area (Å²) in [5.74, 6) is -0.245. The van der Waals surface area contributed by atoms with Crippen molar-refractivity contribution in [2.45, 2.75) is 66.3 Å². The Morgan fingerprint density at radius 3 is 2.42 bits per heavy atom. The van der Waals surface area contributed by atoms with Gasteiger partial charge in [-0.3, -0.25) is 29.4 Å². The second kappa shape index (κ2) is 15.4. The topological polar surface area (TPSA) is 105 Å². The predicted octanol–water partition coefficient (Wildman–Crippen LogP) is 4.01. The zero-order chi connectivity index (χ0) is 29.1. The van der Waals surface area contributed by atoms with Crippen LogP contribution in [0.4, 0.5) is 0 Å². The molecule has 0 saturated carbocycles. The van der Waals surface area contributed by atoms with Gasteiger partial charge in [0.1, 0.15) is 0 Å². The number of nitrogens with one attached hydrogen (secondary N) is 2. The Balaban J connectivity index is 0.000000415. The van der Waals surface area contributed by atoms with E-state index in [0.717, 1.165) is 74.4 Å². The highest BCUT2D eigenvalue weighted by molar-refractivity contribution is 5.98. The molecule has 2 saturated heterocycles. The normalized spacial score (nSPS) is 17.4. The molecule has 0 bridgehead atoms. The Labute approximate surface area is 237 Å². The molecule has 2 aromatic rings. The minimum absolute atomic E-state index is 0.0164. The molecule has 1 atom stereocenters. The summed E-state index contributed by atoms with van der Waals surface area (Å²) in [6, 6.07) is 11.8. The summed E-state index contributed by atoms with van der Waals surface area (Å²) in [5, 5.41) is 5.27. The maximum atomic E-state index is 12.7. The summed E-state index contributed by atoms with van der Waals surface area (Å²) in [6.07, 6.45) is 4.02. The SMILES string of the molecule is CC1CCC(=O)NC1=O.CCCc1cc(CNC(=O)c2ccc(CCN3CCOCC3)c(C)c2)ccc1C(C)=O. The van der Waals surface area contributed by atoms with Crippen LogP contribution in [0.2, 0.25) is 0 Å². The van der Waals surface area contributed by atoms with Gasteiger partial charge in [0.15, 0.2) is 5.78 Å². The van der Waals surface area contributed by atoms with Gasteiger partial charge in [-0.05, 0) is 67.5 Å². The van der Waals surface area contributed by atoms with Crippen LogP contribution in [0, 0.1) is 12.8 Å². The Kier molecular flexibility index (Phi) is 12.0. The van der Waals surface area contributed by atoms with E-state index < -0.39 is 0 Å². The Morgan fingerprint density at radius 2 is 1.80 bits per heavy atom.